The summed E-state index contributed by atoms with van der Waals surface area (Å²) in [5.41, 5.74) is 7.05. The first-order valence-electron chi connectivity index (χ1n) is 9.82. The van der Waals surface area contributed by atoms with E-state index in [1.54, 1.807) is 0 Å². The van der Waals surface area contributed by atoms with Gasteiger partial charge in [0.05, 0.1) is 24.1 Å². The molecule has 2 aliphatic rings. The molecule has 28 heavy (non-hydrogen) atoms. The van der Waals surface area contributed by atoms with Gasteiger partial charge in [-0.3, -0.25) is 4.79 Å². The van der Waals surface area contributed by atoms with Gasteiger partial charge in [0.2, 0.25) is 5.91 Å². The van der Waals surface area contributed by atoms with E-state index < -0.39 is 6.04 Å². The van der Waals surface area contributed by atoms with Crippen LogP contribution in [-0.4, -0.2) is 59.1 Å². The standard InChI is InChI=1S/C19H31N5O2.2ClH/c1-14(2)17(20)18(25)24-10-6-16(7-11-24)26-19-21-12-15(13-22-19)23-8-4-3-5-9-23;;/h12-14,16-17H,3-11,20H2,1-2H3;2*1H/t17-;;/m0../s1. The van der Waals surface area contributed by atoms with Crippen LogP contribution in [0.5, 0.6) is 6.01 Å². The number of hydrogen-bond acceptors (Lipinski definition) is 6. The van der Waals surface area contributed by atoms with Crippen LogP contribution in [0.25, 0.3) is 0 Å². The highest BCUT2D eigenvalue weighted by Crippen LogP contribution is 2.21. The molecule has 2 aliphatic heterocycles. The van der Waals surface area contributed by atoms with Crippen LogP contribution < -0.4 is 15.4 Å². The molecule has 1 atom stereocenters. The molecule has 2 saturated heterocycles. The third kappa shape index (κ3) is 6.36. The molecule has 7 nitrogen and oxygen atoms in total. The molecular formula is C19H33Cl2N5O2. The van der Waals surface area contributed by atoms with Gasteiger partial charge in [0.15, 0.2) is 0 Å². The zero-order chi connectivity index (χ0) is 18.5. The number of hydrogen-bond donors (Lipinski definition) is 1. The van der Waals surface area contributed by atoms with Gasteiger partial charge in [-0.25, -0.2) is 9.97 Å². The first kappa shape index (κ1) is 24.7. The van der Waals surface area contributed by atoms with E-state index in [9.17, 15) is 4.79 Å². The maximum absolute atomic E-state index is 12.3. The number of rotatable bonds is 5. The van der Waals surface area contributed by atoms with Crippen LogP contribution in [0.3, 0.4) is 0 Å². The summed E-state index contributed by atoms with van der Waals surface area (Å²) in [5.74, 6) is 0.198. The van der Waals surface area contributed by atoms with Gasteiger partial charge >= 0.3 is 6.01 Å². The number of ether oxygens (including phenoxy) is 1. The highest BCUT2D eigenvalue weighted by Gasteiger charge is 2.28. The molecule has 1 aromatic rings. The van der Waals surface area contributed by atoms with Gasteiger partial charge in [0.25, 0.3) is 0 Å². The third-order valence-electron chi connectivity index (χ3n) is 5.36. The topological polar surface area (TPSA) is 84.6 Å². The lowest BCUT2D eigenvalue weighted by Gasteiger charge is -2.34. The number of aromatic nitrogens is 2. The molecule has 1 amide bonds. The highest BCUT2D eigenvalue weighted by atomic mass is 35.5. The van der Waals surface area contributed by atoms with Crippen LogP contribution in [0, 0.1) is 5.92 Å². The number of carbonyl (C=O) groups is 1. The van der Waals surface area contributed by atoms with Gasteiger partial charge in [-0.2, -0.15) is 0 Å². The Balaban J connectivity index is 0.00000196. The van der Waals surface area contributed by atoms with E-state index in [1.165, 1.54) is 19.3 Å². The molecule has 3 rings (SSSR count). The summed E-state index contributed by atoms with van der Waals surface area (Å²) in [5, 5.41) is 0. The molecule has 0 aromatic carbocycles. The maximum atomic E-state index is 12.3. The van der Waals surface area contributed by atoms with Crippen molar-refractivity contribution < 1.29 is 9.53 Å². The Labute approximate surface area is 180 Å². The highest BCUT2D eigenvalue weighted by molar-refractivity contribution is 5.85. The number of nitrogens with zero attached hydrogens (tertiary/aromatic N) is 4. The maximum Gasteiger partial charge on any atom is 0.316 e. The largest absolute Gasteiger partial charge is 0.460 e. The molecule has 0 spiro atoms. The minimum absolute atomic E-state index is 0. The second-order valence-electron chi connectivity index (χ2n) is 7.68. The summed E-state index contributed by atoms with van der Waals surface area (Å²) >= 11 is 0. The van der Waals surface area contributed by atoms with E-state index in [2.05, 4.69) is 14.9 Å². The Hall–Kier alpha value is -1.31. The van der Waals surface area contributed by atoms with Gasteiger partial charge in [-0.1, -0.05) is 13.8 Å². The summed E-state index contributed by atoms with van der Waals surface area (Å²) in [7, 11) is 0. The zero-order valence-electron chi connectivity index (χ0n) is 16.7. The zero-order valence-corrected chi connectivity index (χ0v) is 18.4. The Kier molecular flexibility index (Phi) is 10.3. The van der Waals surface area contributed by atoms with Crippen molar-refractivity contribution in [3.05, 3.63) is 12.4 Å². The fourth-order valence-electron chi connectivity index (χ4n) is 3.52. The average Bonchev–Trinajstić information content (AvgIpc) is 2.68. The summed E-state index contributed by atoms with van der Waals surface area (Å²) < 4.78 is 5.92. The molecule has 3 heterocycles. The first-order valence-corrected chi connectivity index (χ1v) is 9.82. The summed E-state index contributed by atoms with van der Waals surface area (Å²) in [6, 6.07) is 0.00699. The van der Waals surface area contributed by atoms with Gasteiger partial charge in [-0.05, 0) is 25.2 Å². The van der Waals surface area contributed by atoms with Crippen molar-refractivity contribution >= 4 is 36.4 Å². The Bertz CT molecular complexity index is 588. The molecular weight excluding hydrogens is 401 g/mol. The lowest BCUT2D eigenvalue weighted by Crippen LogP contribution is -2.50. The van der Waals surface area contributed by atoms with Crippen molar-refractivity contribution in [2.45, 2.75) is 58.1 Å². The summed E-state index contributed by atoms with van der Waals surface area (Å²) in [4.78, 5) is 25.3. The predicted octanol–water partition coefficient (Wildman–Crippen LogP) is 2.66. The van der Waals surface area contributed by atoms with Crippen molar-refractivity contribution in [3.63, 3.8) is 0 Å². The number of halogens is 2. The number of nitrogens with two attached hydrogens (primary N) is 1. The molecule has 2 fully saturated rings. The van der Waals surface area contributed by atoms with Crippen LogP contribution in [-0.2, 0) is 4.79 Å². The summed E-state index contributed by atoms with van der Waals surface area (Å²) in [6.07, 6.45) is 9.10. The second kappa shape index (κ2) is 11.6. The first-order chi connectivity index (χ1) is 12.5. The van der Waals surface area contributed by atoms with Crippen LogP contribution in [0.1, 0.15) is 46.0 Å². The minimum atomic E-state index is -0.418. The normalized spacial score (nSPS) is 18.9. The number of amides is 1. The quantitative estimate of drug-likeness (QED) is 0.767. The monoisotopic (exact) mass is 433 g/mol. The van der Waals surface area contributed by atoms with E-state index >= 15 is 0 Å². The lowest BCUT2D eigenvalue weighted by atomic mass is 10.0. The number of carbonyl (C=O) groups excluding carboxylic acids is 1. The molecule has 160 valence electrons. The second-order valence-corrected chi connectivity index (χ2v) is 7.68. The molecule has 0 aliphatic carbocycles. The van der Waals surface area contributed by atoms with Gasteiger partial charge in [0.1, 0.15) is 6.10 Å². The van der Waals surface area contributed by atoms with Crippen molar-refractivity contribution in [2.24, 2.45) is 11.7 Å². The van der Waals surface area contributed by atoms with Crippen molar-refractivity contribution in [3.8, 4) is 6.01 Å². The number of piperidine rings is 2. The average molecular weight is 434 g/mol. The van der Waals surface area contributed by atoms with E-state index in [4.69, 9.17) is 10.5 Å². The van der Waals surface area contributed by atoms with Gasteiger partial charge < -0.3 is 20.3 Å². The Morgan fingerprint density at radius 1 is 1.07 bits per heavy atom. The summed E-state index contributed by atoms with van der Waals surface area (Å²) in [6.45, 7) is 7.46. The van der Waals surface area contributed by atoms with Gasteiger partial charge in [-0.15, -0.1) is 24.8 Å². The SMILES string of the molecule is CC(C)[C@H](N)C(=O)N1CCC(Oc2ncc(N3CCCCC3)cn2)CC1.Cl.Cl. The molecule has 2 N–H and O–H groups in total. The molecule has 0 radical (unpaired) electrons. The number of likely N-dealkylation sites (tertiary alicyclic amines) is 1. The molecule has 0 unspecified atom stereocenters. The minimum Gasteiger partial charge on any atom is -0.460 e. The van der Waals surface area contributed by atoms with E-state index in [-0.39, 0.29) is 42.7 Å². The van der Waals surface area contributed by atoms with Crippen LogP contribution in [0.15, 0.2) is 12.4 Å². The van der Waals surface area contributed by atoms with Crippen molar-refractivity contribution in [1.82, 2.24) is 14.9 Å². The van der Waals surface area contributed by atoms with E-state index in [0.717, 1.165) is 31.6 Å². The van der Waals surface area contributed by atoms with Crippen molar-refractivity contribution in [2.75, 3.05) is 31.1 Å². The Morgan fingerprint density at radius 3 is 2.18 bits per heavy atom. The van der Waals surface area contributed by atoms with Gasteiger partial charge in [0, 0.05) is 39.0 Å². The molecule has 0 bridgehead atoms. The fourth-order valence-corrected chi connectivity index (χ4v) is 3.52. The predicted molar refractivity (Wildman–Crippen MR) is 116 cm³/mol. The van der Waals surface area contributed by atoms with Crippen LogP contribution in [0.2, 0.25) is 0 Å². The molecule has 9 heteroatoms. The third-order valence-corrected chi connectivity index (χ3v) is 5.36. The molecule has 1 aromatic heterocycles. The van der Waals surface area contributed by atoms with Crippen LogP contribution >= 0.6 is 24.8 Å². The van der Waals surface area contributed by atoms with E-state index in [0.29, 0.717) is 19.1 Å². The van der Waals surface area contributed by atoms with Crippen molar-refractivity contribution in [1.29, 1.82) is 0 Å². The lowest BCUT2D eigenvalue weighted by molar-refractivity contribution is -0.135. The van der Waals surface area contributed by atoms with E-state index in [1.807, 2.05) is 31.1 Å². The van der Waals surface area contributed by atoms with Crippen LogP contribution in [0.4, 0.5) is 5.69 Å². The smallest absolute Gasteiger partial charge is 0.316 e. The molecule has 0 saturated carbocycles. The number of anilines is 1. The fraction of sp³-hybridized carbons (Fsp3) is 0.737. The Morgan fingerprint density at radius 2 is 1.64 bits per heavy atom.